The molecule has 0 aliphatic carbocycles. The van der Waals surface area contributed by atoms with Gasteiger partial charge in [-0.25, -0.2) is 4.68 Å². The van der Waals surface area contributed by atoms with Crippen LogP contribution in [0.1, 0.15) is 0 Å². The highest BCUT2D eigenvalue weighted by Crippen LogP contribution is 2.09. The largest absolute Gasteiger partial charge is 0.330 e. The lowest BCUT2D eigenvalue weighted by atomic mass is 10.8. The highest BCUT2D eigenvalue weighted by Gasteiger charge is 1.99. The number of hydrogen-bond acceptors (Lipinski definition) is 5. The van der Waals surface area contributed by atoms with Crippen molar-refractivity contribution in [2.45, 2.75) is 5.16 Å². The predicted molar refractivity (Wildman–Crippen MR) is 38.6 cm³/mol. The van der Waals surface area contributed by atoms with Crippen LogP contribution in [0.2, 0.25) is 0 Å². The van der Waals surface area contributed by atoms with E-state index < -0.39 is 0 Å². The summed E-state index contributed by atoms with van der Waals surface area (Å²) in [6.07, 6.45) is 0. The van der Waals surface area contributed by atoms with Gasteiger partial charge in [0.2, 0.25) is 5.16 Å². The minimum absolute atomic E-state index is 0.650. The van der Waals surface area contributed by atoms with Gasteiger partial charge in [-0.15, -0.1) is 5.10 Å². The third-order valence-electron chi connectivity index (χ3n) is 0.930. The first-order valence-electron chi connectivity index (χ1n) is 2.90. The molecule has 0 bridgehead atoms. The fourth-order valence-electron chi connectivity index (χ4n) is 0.494. The van der Waals surface area contributed by atoms with Crippen LogP contribution < -0.4 is 5.73 Å². The molecule has 56 valence electrons. The molecule has 0 radical (unpaired) electrons. The summed E-state index contributed by atoms with van der Waals surface area (Å²) in [6.45, 7) is 0.650. The Bertz CT molecular complexity index is 197. The molecule has 2 N–H and O–H groups in total. The number of tetrazole rings is 1. The van der Waals surface area contributed by atoms with Crippen molar-refractivity contribution in [1.82, 2.24) is 20.2 Å². The van der Waals surface area contributed by atoms with Crippen LogP contribution in [0.4, 0.5) is 0 Å². The van der Waals surface area contributed by atoms with E-state index in [4.69, 9.17) is 5.73 Å². The molecule has 0 fully saturated rings. The summed E-state index contributed by atoms with van der Waals surface area (Å²) in [5.41, 5.74) is 5.30. The first-order chi connectivity index (χ1) is 4.84. The summed E-state index contributed by atoms with van der Waals surface area (Å²) in [6, 6.07) is 0. The van der Waals surface area contributed by atoms with Crippen molar-refractivity contribution >= 4 is 11.8 Å². The van der Waals surface area contributed by atoms with Crippen molar-refractivity contribution in [3.8, 4) is 0 Å². The summed E-state index contributed by atoms with van der Waals surface area (Å²) >= 11 is 1.56. The molecule has 0 saturated heterocycles. The predicted octanol–water partition coefficient (Wildman–Crippen LogP) is -0.739. The topological polar surface area (TPSA) is 69.6 Å². The zero-order valence-corrected chi connectivity index (χ0v) is 6.51. The average Bonchev–Trinajstić information content (AvgIpc) is 2.31. The molecule has 0 saturated carbocycles. The molecule has 0 amide bonds. The van der Waals surface area contributed by atoms with Crippen LogP contribution in [0.25, 0.3) is 0 Å². The second-order valence-electron chi connectivity index (χ2n) is 1.72. The molecule has 1 rings (SSSR count). The van der Waals surface area contributed by atoms with E-state index >= 15 is 0 Å². The summed E-state index contributed by atoms with van der Waals surface area (Å²) in [4.78, 5) is 0. The fourth-order valence-corrected chi connectivity index (χ4v) is 1.11. The number of nitrogens with two attached hydrogens (primary N) is 1. The molecular weight excluding hydrogens is 150 g/mol. The van der Waals surface area contributed by atoms with Gasteiger partial charge in [0.05, 0.1) is 0 Å². The number of aromatic nitrogens is 4. The van der Waals surface area contributed by atoms with Gasteiger partial charge in [-0.3, -0.25) is 0 Å². The van der Waals surface area contributed by atoms with Crippen LogP contribution >= 0.6 is 11.8 Å². The lowest BCUT2D eigenvalue weighted by Gasteiger charge is -1.93. The van der Waals surface area contributed by atoms with Crippen molar-refractivity contribution in [3.05, 3.63) is 0 Å². The molecule has 0 atom stereocenters. The van der Waals surface area contributed by atoms with Crippen LogP contribution in [-0.4, -0.2) is 32.5 Å². The van der Waals surface area contributed by atoms with Crippen LogP contribution in [-0.2, 0) is 7.05 Å². The molecule has 0 unspecified atom stereocenters. The van der Waals surface area contributed by atoms with Gasteiger partial charge in [0, 0.05) is 19.3 Å². The van der Waals surface area contributed by atoms with Gasteiger partial charge in [-0.05, 0) is 10.4 Å². The summed E-state index contributed by atoms with van der Waals surface area (Å²) < 4.78 is 1.63. The Labute approximate surface area is 63.0 Å². The van der Waals surface area contributed by atoms with Crippen LogP contribution in [0.3, 0.4) is 0 Å². The van der Waals surface area contributed by atoms with Gasteiger partial charge in [-0.2, -0.15) is 0 Å². The smallest absolute Gasteiger partial charge is 0.209 e. The van der Waals surface area contributed by atoms with Gasteiger partial charge < -0.3 is 5.73 Å². The molecule has 1 aromatic heterocycles. The number of rotatable bonds is 3. The number of hydrogen-bond donors (Lipinski definition) is 1. The van der Waals surface area contributed by atoms with Crippen molar-refractivity contribution in [2.24, 2.45) is 12.8 Å². The Kier molecular flexibility index (Phi) is 2.64. The highest BCUT2D eigenvalue weighted by atomic mass is 32.2. The third kappa shape index (κ3) is 1.68. The summed E-state index contributed by atoms with van der Waals surface area (Å²) in [5.74, 6) is 0.855. The lowest BCUT2D eigenvalue weighted by molar-refractivity contribution is 0.664. The van der Waals surface area contributed by atoms with E-state index in [1.54, 1.807) is 23.5 Å². The van der Waals surface area contributed by atoms with Crippen molar-refractivity contribution in [2.75, 3.05) is 12.3 Å². The summed E-state index contributed by atoms with van der Waals surface area (Å²) in [7, 11) is 1.80. The Morgan fingerprint density at radius 3 is 3.00 bits per heavy atom. The van der Waals surface area contributed by atoms with Gasteiger partial charge >= 0.3 is 0 Å². The lowest BCUT2D eigenvalue weighted by Crippen LogP contribution is -2.02. The quantitative estimate of drug-likeness (QED) is 0.588. The molecule has 6 heteroatoms. The van der Waals surface area contributed by atoms with E-state index in [1.807, 2.05) is 0 Å². The SMILES string of the molecule is Cn1nnnc1SCCN. The van der Waals surface area contributed by atoms with E-state index in [1.165, 1.54) is 0 Å². The first kappa shape index (κ1) is 7.49. The van der Waals surface area contributed by atoms with Crippen LogP contribution in [0.5, 0.6) is 0 Å². The van der Waals surface area contributed by atoms with Crippen molar-refractivity contribution < 1.29 is 0 Å². The zero-order valence-electron chi connectivity index (χ0n) is 5.69. The zero-order chi connectivity index (χ0) is 7.40. The standard InChI is InChI=1S/C4H9N5S/c1-9-4(6-7-8-9)10-3-2-5/h2-3,5H2,1H3. The summed E-state index contributed by atoms with van der Waals surface area (Å²) in [5, 5.41) is 11.7. The molecule has 0 aromatic carbocycles. The Hall–Kier alpha value is -0.620. The van der Waals surface area contributed by atoms with Gasteiger partial charge in [0.1, 0.15) is 0 Å². The second kappa shape index (κ2) is 3.52. The van der Waals surface area contributed by atoms with Crippen molar-refractivity contribution in [1.29, 1.82) is 0 Å². The maximum Gasteiger partial charge on any atom is 0.209 e. The minimum Gasteiger partial charge on any atom is -0.330 e. The Balaban J connectivity index is 2.49. The van der Waals surface area contributed by atoms with Crippen LogP contribution in [0.15, 0.2) is 5.16 Å². The molecule has 1 heterocycles. The molecule has 0 aliphatic rings. The highest BCUT2D eigenvalue weighted by molar-refractivity contribution is 7.99. The maximum atomic E-state index is 5.30. The average molecular weight is 159 g/mol. The van der Waals surface area contributed by atoms with E-state index in [-0.39, 0.29) is 0 Å². The first-order valence-corrected chi connectivity index (χ1v) is 3.88. The Morgan fingerprint density at radius 1 is 1.70 bits per heavy atom. The van der Waals surface area contributed by atoms with Gasteiger partial charge in [0.25, 0.3) is 0 Å². The van der Waals surface area contributed by atoms with Gasteiger partial charge in [-0.1, -0.05) is 11.8 Å². The minimum atomic E-state index is 0.650. The van der Waals surface area contributed by atoms with Crippen LogP contribution in [0, 0.1) is 0 Å². The molecular formula is C4H9N5S. The molecule has 0 spiro atoms. The van der Waals surface area contributed by atoms with Gasteiger partial charge in [0.15, 0.2) is 0 Å². The maximum absolute atomic E-state index is 5.30. The Morgan fingerprint density at radius 2 is 2.50 bits per heavy atom. The van der Waals surface area contributed by atoms with E-state index in [9.17, 15) is 0 Å². The number of nitrogens with zero attached hydrogens (tertiary/aromatic N) is 4. The fraction of sp³-hybridized carbons (Fsp3) is 0.750. The molecule has 1 aromatic rings. The van der Waals surface area contributed by atoms with E-state index in [0.717, 1.165) is 10.9 Å². The molecule has 10 heavy (non-hydrogen) atoms. The normalized spacial score (nSPS) is 10.2. The molecule has 0 aliphatic heterocycles. The van der Waals surface area contributed by atoms with Crippen molar-refractivity contribution in [3.63, 3.8) is 0 Å². The van der Waals surface area contributed by atoms with E-state index in [2.05, 4.69) is 15.5 Å². The number of thioether (sulfide) groups is 1. The second-order valence-corrected chi connectivity index (χ2v) is 2.78. The number of aryl methyl sites for hydroxylation is 1. The monoisotopic (exact) mass is 159 g/mol. The molecule has 5 nitrogen and oxygen atoms in total. The van der Waals surface area contributed by atoms with E-state index in [0.29, 0.717) is 6.54 Å². The third-order valence-corrected chi connectivity index (χ3v) is 1.97.